The van der Waals surface area contributed by atoms with Crippen molar-refractivity contribution in [1.82, 2.24) is 4.90 Å². The summed E-state index contributed by atoms with van der Waals surface area (Å²) in [6, 6.07) is 10.1. The summed E-state index contributed by atoms with van der Waals surface area (Å²) in [7, 11) is 0. The molecule has 1 aliphatic rings. The molecule has 0 bridgehead atoms. The maximum Gasteiger partial charge on any atom is 0.134 e. The van der Waals surface area contributed by atoms with Crippen LogP contribution < -0.4 is 5.73 Å². The summed E-state index contributed by atoms with van der Waals surface area (Å²) in [5, 5.41) is 1.14. The number of nitrogens with two attached hydrogens (primary N) is 1. The summed E-state index contributed by atoms with van der Waals surface area (Å²) in [6.07, 6.45) is 2.57. The normalized spacial score (nSPS) is 19.9. The van der Waals surface area contributed by atoms with E-state index in [2.05, 4.69) is 24.0 Å². The van der Waals surface area contributed by atoms with Gasteiger partial charge < -0.3 is 15.1 Å². The Kier molecular flexibility index (Phi) is 3.58. The predicted molar refractivity (Wildman–Crippen MR) is 78.0 cm³/mol. The Morgan fingerprint density at radius 3 is 2.79 bits per heavy atom. The van der Waals surface area contributed by atoms with E-state index in [-0.39, 0.29) is 6.04 Å². The molecule has 1 aromatic heterocycles. The number of piperidine rings is 1. The minimum absolute atomic E-state index is 0.0270. The topological polar surface area (TPSA) is 42.4 Å². The van der Waals surface area contributed by atoms with E-state index in [0.29, 0.717) is 0 Å². The molecule has 1 atom stereocenters. The van der Waals surface area contributed by atoms with Crippen molar-refractivity contribution >= 4 is 11.0 Å². The summed E-state index contributed by atoms with van der Waals surface area (Å²) in [6.45, 7) is 5.55. The van der Waals surface area contributed by atoms with Crippen LogP contribution in [-0.4, -0.2) is 24.5 Å². The Balaban J connectivity index is 1.68. The lowest BCUT2D eigenvalue weighted by molar-refractivity contribution is 0.178. The number of hydrogen-bond donors (Lipinski definition) is 1. The highest BCUT2D eigenvalue weighted by Crippen LogP contribution is 2.24. The Bertz CT molecular complexity index is 507. The summed E-state index contributed by atoms with van der Waals surface area (Å²) < 4.78 is 5.84. The monoisotopic (exact) mass is 258 g/mol. The van der Waals surface area contributed by atoms with Gasteiger partial charge >= 0.3 is 0 Å². The zero-order valence-electron chi connectivity index (χ0n) is 11.5. The van der Waals surface area contributed by atoms with Crippen molar-refractivity contribution in [2.24, 2.45) is 11.7 Å². The zero-order chi connectivity index (χ0) is 13.2. The Morgan fingerprint density at radius 1 is 1.32 bits per heavy atom. The Hall–Kier alpha value is -1.32. The minimum Gasteiger partial charge on any atom is -0.459 e. The first kappa shape index (κ1) is 12.7. The van der Waals surface area contributed by atoms with Gasteiger partial charge in [-0.3, -0.25) is 0 Å². The number of para-hydroxylation sites is 1. The first-order chi connectivity index (χ1) is 9.22. The lowest BCUT2D eigenvalue weighted by Crippen LogP contribution is -2.37. The number of likely N-dealkylation sites (tertiary alicyclic amines) is 1. The molecule has 0 saturated carbocycles. The molecule has 3 nitrogen and oxygen atoms in total. The highest BCUT2D eigenvalue weighted by molar-refractivity contribution is 5.77. The third-order valence-electron chi connectivity index (χ3n) is 4.14. The SMILES string of the molecule is CC1CCN(CC(N)c2cc3ccccc3o2)CC1. The molecular weight excluding hydrogens is 236 g/mol. The van der Waals surface area contributed by atoms with Gasteiger partial charge in [-0.2, -0.15) is 0 Å². The van der Waals surface area contributed by atoms with Gasteiger partial charge in [0.25, 0.3) is 0 Å². The molecule has 2 aromatic rings. The third kappa shape index (κ3) is 2.82. The standard InChI is InChI=1S/C16H22N2O/c1-12-6-8-18(9-7-12)11-14(17)16-10-13-4-2-3-5-15(13)19-16/h2-5,10,12,14H,6-9,11,17H2,1H3. The summed E-state index contributed by atoms with van der Waals surface area (Å²) >= 11 is 0. The Labute approximate surface area is 114 Å². The van der Waals surface area contributed by atoms with Gasteiger partial charge in [0.2, 0.25) is 0 Å². The second-order valence-corrected chi connectivity index (χ2v) is 5.78. The average Bonchev–Trinajstić information content (AvgIpc) is 2.85. The lowest BCUT2D eigenvalue weighted by atomic mass is 9.99. The molecule has 1 saturated heterocycles. The van der Waals surface area contributed by atoms with Crippen molar-refractivity contribution in [3.05, 3.63) is 36.1 Å². The van der Waals surface area contributed by atoms with E-state index in [9.17, 15) is 0 Å². The van der Waals surface area contributed by atoms with Crippen LogP contribution in [0.4, 0.5) is 0 Å². The molecule has 0 amide bonds. The summed E-state index contributed by atoms with van der Waals surface area (Å²) in [4.78, 5) is 2.46. The first-order valence-corrected chi connectivity index (χ1v) is 7.19. The van der Waals surface area contributed by atoms with Crippen LogP contribution >= 0.6 is 0 Å². The minimum atomic E-state index is -0.0270. The van der Waals surface area contributed by atoms with E-state index in [0.717, 1.165) is 42.3 Å². The second kappa shape index (κ2) is 5.35. The number of nitrogens with zero attached hydrogens (tertiary/aromatic N) is 1. The van der Waals surface area contributed by atoms with E-state index in [1.807, 2.05) is 18.2 Å². The van der Waals surface area contributed by atoms with Gasteiger partial charge in [-0.25, -0.2) is 0 Å². The van der Waals surface area contributed by atoms with Gasteiger partial charge in [-0.1, -0.05) is 25.1 Å². The third-order valence-corrected chi connectivity index (χ3v) is 4.14. The quantitative estimate of drug-likeness (QED) is 0.919. The number of hydrogen-bond acceptors (Lipinski definition) is 3. The van der Waals surface area contributed by atoms with Crippen molar-refractivity contribution in [2.75, 3.05) is 19.6 Å². The molecule has 0 spiro atoms. The molecule has 0 radical (unpaired) electrons. The zero-order valence-corrected chi connectivity index (χ0v) is 11.5. The second-order valence-electron chi connectivity index (χ2n) is 5.78. The van der Waals surface area contributed by atoms with E-state index in [1.54, 1.807) is 0 Å². The molecular formula is C16H22N2O. The van der Waals surface area contributed by atoms with Crippen LogP contribution in [0.5, 0.6) is 0 Å². The van der Waals surface area contributed by atoms with Crippen LogP contribution in [0.15, 0.2) is 34.7 Å². The fraction of sp³-hybridized carbons (Fsp3) is 0.500. The maximum atomic E-state index is 6.29. The lowest BCUT2D eigenvalue weighted by Gasteiger charge is -2.31. The number of furan rings is 1. The van der Waals surface area contributed by atoms with Crippen molar-refractivity contribution < 1.29 is 4.42 Å². The Morgan fingerprint density at radius 2 is 2.05 bits per heavy atom. The molecule has 102 valence electrons. The fourth-order valence-corrected chi connectivity index (χ4v) is 2.80. The largest absolute Gasteiger partial charge is 0.459 e. The number of rotatable bonds is 3. The van der Waals surface area contributed by atoms with Crippen LogP contribution in [0.2, 0.25) is 0 Å². The van der Waals surface area contributed by atoms with Gasteiger partial charge in [-0.15, -0.1) is 0 Å². The molecule has 0 aliphatic carbocycles. The van der Waals surface area contributed by atoms with Gasteiger partial charge in [0.15, 0.2) is 0 Å². The van der Waals surface area contributed by atoms with E-state index >= 15 is 0 Å². The van der Waals surface area contributed by atoms with Crippen LogP contribution in [0.3, 0.4) is 0 Å². The molecule has 1 aromatic carbocycles. The first-order valence-electron chi connectivity index (χ1n) is 7.19. The molecule has 1 aliphatic heterocycles. The van der Waals surface area contributed by atoms with E-state index in [1.165, 1.54) is 12.8 Å². The van der Waals surface area contributed by atoms with Crippen LogP contribution in [-0.2, 0) is 0 Å². The smallest absolute Gasteiger partial charge is 0.134 e. The van der Waals surface area contributed by atoms with Crippen LogP contribution in [0, 0.1) is 5.92 Å². The number of benzene rings is 1. The predicted octanol–water partition coefficient (Wildman–Crippen LogP) is 3.16. The fourth-order valence-electron chi connectivity index (χ4n) is 2.80. The van der Waals surface area contributed by atoms with Crippen LogP contribution in [0.25, 0.3) is 11.0 Å². The molecule has 3 rings (SSSR count). The van der Waals surface area contributed by atoms with Crippen molar-refractivity contribution in [3.8, 4) is 0 Å². The van der Waals surface area contributed by atoms with Crippen molar-refractivity contribution in [3.63, 3.8) is 0 Å². The molecule has 19 heavy (non-hydrogen) atoms. The van der Waals surface area contributed by atoms with E-state index in [4.69, 9.17) is 10.2 Å². The maximum absolute atomic E-state index is 6.29. The van der Waals surface area contributed by atoms with Gasteiger partial charge in [0.1, 0.15) is 11.3 Å². The molecule has 1 fully saturated rings. The van der Waals surface area contributed by atoms with E-state index < -0.39 is 0 Å². The van der Waals surface area contributed by atoms with Crippen molar-refractivity contribution in [1.29, 1.82) is 0 Å². The number of fused-ring (bicyclic) bond motifs is 1. The molecule has 3 heteroatoms. The van der Waals surface area contributed by atoms with Gasteiger partial charge in [0.05, 0.1) is 6.04 Å². The van der Waals surface area contributed by atoms with Crippen LogP contribution in [0.1, 0.15) is 31.6 Å². The highest BCUT2D eigenvalue weighted by Gasteiger charge is 2.20. The van der Waals surface area contributed by atoms with Gasteiger partial charge in [0, 0.05) is 11.9 Å². The molecule has 2 heterocycles. The molecule has 2 N–H and O–H groups in total. The summed E-state index contributed by atoms with van der Waals surface area (Å²) in [5.41, 5.74) is 7.22. The van der Waals surface area contributed by atoms with Crippen molar-refractivity contribution in [2.45, 2.75) is 25.8 Å². The molecule has 1 unspecified atom stereocenters. The average molecular weight is 258 g/mol. The van der Waals surface area contributed by atoms with Gasteiger partial charge in [-0.05, 0) is 44.0 Å². The highest BCUT2D eigenvalue weighted by atomic mass is 16.3. The summed E-state index contributed by atoms with van der Waals surface area (Å²) in [5.74, 6) is 1.76.